The van der Waals surface area contributed by atoms with Crippen LogP contribution in [0.15, 0.2) is 35.8 Å². The largest absolute Gasteiger partial charge is 0.491 e. The van der Waals surface area contributed by atoms with Gasteiger partial charge in [-0.25, -0.2) is 0 Å². The number of allylic oxidation sites excluding steroid dienone is 5. The van der Waals surface area contributed by atoms with Crippen molar-refractivity contribution in [2.24, 2.45) is 5.92 Å². The summed E-state index contributed by atoms with van der Waals surface area (Å²) in [6.45, 7) is 7.40. The van der Waals surface area contributed by atoms with Gasteiger partial charge in [-0.3, -0.25) is 0 Å². The van der Waals surface area contributed by atoms with Crippen LogP contribution in [-0.4, -0.2) is 13.2 Å². The molecular weight excluding hydrogens is 176 g/mol. The summed E-state index contributed by atoms with van der Waals surface area (Å²) in [6, 6.07) is 0. The van der Waals surface area contributed by atoms with Gasteiger partial charge >= 0.3 is 0 Å². The van der Waals surface area contributed by atoms with E-state index >= 15 is 0 Å². The molecule has 1 heterocycles. The van der Waals surface area contributed by atoms with E-state index in [0.717, 1.165) is 11.5 Å². The van der Waals surface area contributed by atoms with Crippen LogP contribution in [0.3, 0.4) is 0 Å². The molecule has 0 amide bonds. The fourth-order valence-corrected chi connectivity index (χ4v) is 1.29. The SMILES string of the molecule is C/C=C\C(C)/C=C\C1=C(C)OCCO1. The molecule has 1 unspecified atom stereocenters. The second-order valence-electron chi connectivity index (χ2n) is 3.36. The second kappa shape index (κ2) is 5.53. The molecule has 1 aliphatic rings. The topological polar surface area (TPSA) is 18.5 Å². The maximum absolute atomic E-state index is 5.46. The summed E-state index contributed by atoms with van der Waals surface area (Å²) in [5, 5.41) is 0. The predicted molar refractivity (Wildman–Crippen MR) is 57.7 cm³/mol. The lowest BCUT2D eigenvalue weighted by atomic mass is 10.1. The summed E-state index contributed by atoms with van der Waals surface area (Å²) in [4.78, 5) is 0. The van der Waals surface area contributed by atoms with Gasteiger partial charge < -0.3 is 9.47 Å². The zero-order chi connectivity index (χ0) is 10.4. The molecule has 0 bridgehead atoms. The molecule has 0 aromatic heterocycles. The highest BCUT2D eigenvalue weighted by molar-refractivity contribution is 5.18. The monoisotopic (exact) mass is 194 g/mol. The van der Waals surface area contributed by atoms with Gasteiger partial charge in [0.15, 0.2) is 5.76 Å². The van der Waals surface area contributed by atoms with Gasteiger partial charge in [-0.2, -0.15) is 0 Å². The van der Waals surface area contributed by atoms with E-state index in [4.69, 9.17) is 9.47 Å². The van der Waals surface area contributed by atoms with Crippen molar-refractivity contribution in [3.8, 4) is 0 Å². The molecule has 0 fully saturated rings. The molecule has 0 aliphatic carbocycles. The molecule has 78 valence electrons. The Morgan fingerprint density at radius 3 is 2.57 bits per heavy atom. The molecule has 2 nitrogen and oxygen atoms in total. The molecule has 0 saturated heterocycles. The Hall–Kier alpha value is -1.18. The number of hydrogen-bond donors (Lipinski definition) is 0. The minimum Gasteiger partial charge on any atom is -0.491 e. The lowest BCUT2D eigenvalue weighted by Crippen LogP contribution is -2.11. The fourth-order valence-electron chi connectivity index (χ4n) is 1.29. The quantitative estimate of drug-likeness (QED) is 0.643. The molecular formula is C12H18O2. The molecule has 14 heavy (non-hydrogen) atoms. The Labute approximate surface area is 85.9 Å². The smallest absolute Gasteiger partial charge is 0.156 e. The average molecular weight is 194 g/mol. The summed E-state index contributed by atoms with van der Waals surface area (Å²) in [7, 11) is 0. The molecule has 0 radical (unpaired) electrons. The zero-order valence-corrected chi connectivity index (χ0v) is 9.12. The Morgan fingerprint density at radius 1 is 1.21 bits per heavy atom. The lowest BCUT2D eigenvalue weighted by Gasteiger charge is -2.17. The van der Waals surface area contributed by atoms with Crippen molar-refractivity contribution in [3.63, 3.8) is 0 Å². The van der Waals surface area contributed by atoms with Crippen LogP contribution in [0.4, 0.5) is 0 Å². The Kier molecular flexibility index (Phi) is 4.30. The van der Waals surface area contributed by atoms with Crippen molar-refractivity contribution < 1.29 is 9.47 Å². The summed E-state index contributed by atoms with van der Waals surface area (Å²) >= 11 is 0. The van der Waals surface area contributed by atoms with Crippen molar-refractivity contribution in [2.45, 2.75) is 20.8 Å². The van der Waals surface area contributed by atoms with Crippen molar-refractivity contribution in [2.75, 3.05) is 13.2 Å². The van der Waals surface area contributed by atoms with Crippen LogP contribution in [-0.2, 0) is 9.47 Å². The summed E-state index contributed by atoms with van der Waals surface area (Å²) in [5.74, 6) is 2.17. The third kappa shape index (κ3) is 3.29. The average Bonchev–Trinajstić information content (AvgIpc) is 2.17. The van der Waals surface area contributed by atoms with Gasteiger partial charge in [0.05, 0.1) is 0 Å². The van der Waals surface area contributed by atoms with E-state index < -0.39 is 0 Å². The number of rotatable bonds is 3. The third-order valence-electron chi connectivity index (χ3n) is 2.05. The van der Waals surface area contributed by atoms with Crippen LogP contribution in [0.1, 0.15) is 20.8 Å². The highest BCUT2D eigenvalue weighted by atomic mass is 16.6. The standard InChI is InChI=1S/C12H18O2/c1-4-5-10(2)6-7-12-11(3)13-8-9-14-12/h4-7,10H,8-9H2,1-3H3/b5-4-,7-6-. The van der Waals surface area contributed by atoms with Crippen LogP contribution in [0.5, 0.6) is 0 Å². The molecule has 0 N–H and O–H groups in total. The van der Waals surface area contributed by atoms with E-state index in [1.807, 2.05) is 19.9 Å². The minimum atomic E-state index is 0.436. The first kappa shape index (κ1) is 10.9. The van der Waals surface area contributed by atoms with Gasteiger partial charge in [-0.15, -0.1) is 0 Å². The Morgan fingerprint density at radius 2 is 1.93 bits per heavy atom. The molecule has 0 spiro atoms. The first-order chi connectivity index (χ1) is 6.74. The van der Waals surface area contributed by atoms with Gasteiger partial charge in [0.25, 0.3) is 0 Å². The van der Waals surface area contributed by atoms with Crippen LogP contribution in [0.25, 0.3) is 0 Å². The molecule has 2 heteroatoms. The first-order valence-corrected chi connectivity index (χ1v) is 5.01. The highest BCUT2D eigenvalue weighted by Gasteiger charge is 2.07. The van der Waals surface area contributed by atoms with Gasteiger partial charge in [-0.05, 0) is 25.8 Å². The summed E-state index contributed by atoms with van der Waals surface area (Å²) < 4.78 is 10.8. The normalized spacial score (nSPS) is 19.9. The maximum atomic E-state index is 5.46. The van der Waals surface area contributed by atoms with Crippen molar-refractivity contribution in [1.82, 2.24) is 0 Å². The van der Waals surface area contributed by atoms with Crippen LogP contribution >= 0.6 is 0 Å². The summed E-state index contributed by atoms with van der Waals surface area (Å²) in [6.07, 6.45) is 8.28. The van der Waals surface area contributed by atoms with Crippen molar-refractivity contribution in [1.29, 1.82) is 0 Å². The van der Waals surface area contributed by atoms with E-state index in [1.165, 1.54) is 0 Å². The predicted octanol–water partition coefficient (Wildman–Crippen LogP) is 3.03. The van der Waals surface area contributed by atoms with Crippen LogP contribution in [0.2, 0.25) is 0 Å². The number of ether oxygens (including phenoxy) is 2. The van der Waals surface area contributed by atoms with Gasteiger partial charge in [-0.1, -0.05) is 25.2 Å². The molecule has 1 aliphatic heterocycles. The first-order valence-electron chi connectivity index (χ1n) is 5.01. The van der Waals surface area contributed by atoms with Gasteiger partial charge in [0, 0.05) is 0 Å². The number of hydrogen-bond acceptors (Lipinski definition) is 2. The lowest BCUT2D eigenvalue weighted by molar-refractivity contribution is 0.0707. The molecule has 0 aromatic rings. The van der Waals surface area contributed by atoms with Gasteiger partial charge in [0.1, 0.15) is 19.0 Å². The zero-order valence-electron chi connectivity index (χ0n) is 9.12. The van der Waals surface area contributed by atoms with E-state index in [1.54, 1.807) is 0 Å². The van der Waals surface area contributed by atoms with E-state index in [2.05, 4.69) is 25.2 Å². The third-order valence-corrected chi connectivity index (χ3v) is 2.05. The molecule has 0 saturated carbocycles. The highest BCUT2D eigenvalue weighted by Crippen LogP contribution is 2.15. The maximum Gasteiger partial charge on any atom is 0.156 e. The van der Waals surface area contributed by atoms with Crippen LogP contribution < -0.4 is 0 Å². The molecule has 0 aromatic carbocycles. The minimum absolute atomic E-state index is 0.436. The molecule has 1 atom stereocenters. The van der Waals surface area contributed by atoms with E-state index in [-0.39, 0.29) is 0 Å². The summed E-state index contributed by atoms with van der Waals surface area (Å²) in [5.41, 5.74) is 0. The Balaban J connectivity index is 2.57. The van der Waals surface area contributed by atoms with Crippen LogP contribution in [0, 0.1) is 5.92 Å². The second-order valence-corrected chi connectivity index (χ2v) is 3.36. The van der Waals surface area contributed by atoms with Gasteiger partial charge in [0.2, 0.25) is 0 Å². The molecule has 1 rings (SSSR count). The fraction of sp³-hybridized carbons (Fsp3) is 0.500. The van der Waals surface area contributed by atoms with E-state index in [9.17, 15) is 0 Å². The van der Waals surface area contributed by atoms with Crippen molar-refractivity contribution >= 4 is 0 Å². The van der Waals surface area contributed by atoms with Crippen molar-refractivity contribution in [3.05, 3.63) is 35.8 Å². The Bertz CT molecular complexity index is 261. The van der Waals surface area contributed by atoms with E-state index in [0.29, 0.717) is 19.1 Å².